The summed E-state index contributed by atoms with van der Waals surface area (Å²) in [5, 5.41) is 6.79. The molecule has 1 aliphatic heterocycles. The number of hydrogen-bond donors (Lipinski definition) is 1. The van der Waals surface area contributed by atoms with Crippen molar-refractivity contribution in [1.82, 2.24) is 10.3 Å². The Kier molecular flexibility index (Phi) is 4.03. The normalized spacial score (nSPS) is 15.5. The van der Waals surface area contributed by atoms with Crippen LogP contribution >= 0.6 is 11.3 Å². The molecular formula is C16H20N2OS. The van der Waals surface area contributed by atoms with Gasteiger partial charge in [0.2, 0.25) is 0 Å². The van der Waals surface area contributed by atoms with Gasteiger partial charge in [-0.2, -0.15) is 0 Å². The molecule has 0 spiro atoms. The molecule has 3 nitrogen and oxygen atoms in total. The highest BCUT2D eigenvalue weighted by Gasteiger charge is 2.23. The lowest BCUT2D eigenvalue weighted by Gasteiger charge is -2.25. The van der Waals surface area contributed by atoms with Gasteiger partial charge >= 0.3 is 0 Å². The third-order valence-electron chi connectivity index (χ3n) is 3.62. The summed E-state index contributed by atoms with van der Waals surface area (Å²) in [5.74, 6) is 1.07. The molecule has 0 bridgehead atoms. The van der Waals surface area contributed by atoms with Gasteiger partial charge in [-0.25, -0.2) is 4.98 Å². The van der Waals surface area contributed by atoms with Crippen LogP contribution in [0.1, 0.15) is 41.2 Å². The largest absolute Gasteiger partial charge is 0.493 e. The van der Waals surface area contributed by atoms with Crippen LogP contribution in [-0.4, -0.2) is 18.1 Å². The summed E-state index contributed by atoms with van der Waals surface area (Å²) in [6, 6.07) is 6.59. The number of rotatable bonds is 4. The van der Waals surface area contributed by atoms with Crippen molar-refractivity contribution in [3.8, 4) is 5.75 Å². The summed E-state index contributed by atoms with van der Waals surface area (Å²) < 4.78 is 5.95. The van der Waals surface area contributed by atoms with Crippen molar-refractivity contribution in [2.24, 2.45) is 0 Å². The standard InChI is InChI=1S/C16H20N2OS/c1-3-17-15(14-10-20-11(2)18-14)13-8-4-6-12-7-5-9-19-16(12)13/h4,6,8,10,15,17H,3,5,7,9H2,1-2H3. The number of ether oxygens (including phenoxy) is 1. The van der Waals surface area contributed by atoms with Crippen molar-refractivity contribution < 1.29 is 4.74 Å². The Labute approximate surface area is 124 Å². The van der Waals surface area contributed by atoms with E-state index < -0.39 is 0 Å². The molecule has 1 N–H and O–H groups in total. The zero-order chi connectivity index (χ0) is 13.9. The molecule has 1 aromatic carbocycles. The average Bonchev–Trinajstić information content (AvgIpc) is 2.91. The highest BCUT2D eigenvalue weighted by atomic mass is 32.1. The van der Waals surface area contributed by atoms with Crippen LogP contribution in [0.5, 0.6) is 5.75 Å². The molecule has 0 radical (unpaired) electrons. The first-order chi connectivity index (χ1) is 9.79. The first-order valence-corrected chi connectivity index (χ1v) is 8.07. The van der Waals surface area contributed by atoms with E-state index in [1.807, 2.05) is 6.92 Å². The number of para-hydroxylation sites is 1. The topological polar surface area (TPSA) is 34.2 Å². The average molecular weight is 288 g/mol. The molecule has 20 heavy (non-hydrogen) atoms. The molecule has 1 atom stereocenters. The van der Waals surface area contributed by atoms with Crippen molar-refractivity contribution >= 4 is 11.3 Å². The van der Waals surface area contributed by atoms with Gasteiger partial charge in [-0.3, -0.25) is 0 Å². The smallest absolute Gasteiger partial charge is 0.127 e. The first kappa shape index (κ1) is 13.6. The van der Waals surface area contributed by atoms with Gasteiger partial charge in [-0.15, -0.1) is 11.3 Å². The van der Waals surface area contributed by atoms with Crippen LogP contribution in [0.25, 0.3) is 0 Å². The maximum absolute atomic E-state index is 5.95. The van der Waals surface area contributed by atoms with E-state index in [4.69, 9.17) is 4.74 Å². The highest BCUT2D eigenvalue weighted by molar-refractivity contribution is 7.09. The monoisotopic (exact) mass is 288 g/mol. The van der Waals surface area contributed by atoms with Gasteiger partial charge in [0.1, 0.15) is 5.75 Å². The van der Waals surface area contributed by atoms with Crippen LogP contribution in [0.2, 0.25) is 0 Å². The second-order valence-corrected chi connectivity index (χ2v) is 6.13. The molecule has 0 saturated carbocycles. The number of nitrogens with zero attached hydrogens (tertiary/aromatic N) is 1. The maximum atomic E-state index is 5.95. The van der Waals surface area contributed by atoms with Crippen LogP contribution in [0.3, 0.4) is 0 Å². The van der Waals surface area contributed by atoms with Gasteiger partial charge in [0.05, 0.1) is 23.4 Å². The van der Waals surface area contributed by atoms with Gasteiger partial charge in [0.15, 0.2) is 0 Å². The fraction of sp³-hybridized carbons (Fsp3) is 0.438. The van der Waals surface area contributed by atoms with E-state index in [2.05, 4.69) is 40.8 Å². The Morgan fingerprint density at radius 1 is 1.45 bits per heavy atom. The van der Waals surface area contributed by atoms with Crippen LogP contribution in [0.15, 0.2) is 23.6 Å². The Balaban J connectivity index is 2.03. The molecule has 3 rings (SSSR count). The molecule has 0 fully saturated rings. The summed E-state index contributed by atoms with van der Waals surface area (Å²) in [4.78, 5) is 4.66. The Morgan fingerprint density at radius 2 is 2.35 bits per heavy atom. The minimum absolute atomic E-state index is 0.123. The lowest BCUT2D eigenvalue weighted by atomic mass is 9.96. The molecule has 2 aromatic rings. The summed E-state index contributed by atoms with van der Waals surface area (Å²) >= 11 is 1.70. The number of aryl methyl sites for hydroxylation is 2. The molecule has 1 unspecified atom stereocenters. The van der Waals surface area contributed by atoms with Gasteiger partial charge in [-0.05, 0) is 31.9 Å². The zero-order valence-electron chi connectivity index (χ0n) is 12.0. The number of thiazole rings is 1. The lowest BCUT2D eigenvalue weighted by Crippen LogP contribution is -2.24. The number of hydrogen-bond acceptors (Lipinski definition) is 4. The fourth-order valence-electron chi connectivity index (χ4n) is 2.73. The summed E-state index contributed by atoms with van der Waals surface area (Å²) in [6.45, 7) is 5.90. The van der Waals surface area contributed by atoms with Crippen molar-refractivity contribution in [1.29, 1.82) is 0 Å². The van der Waals surface area contributed by atoms with Crippen LogP contribution < -0.4 is 10.1 Å². The summed E-state index contributed by atoms with van der Waals surface area (Å²) in [6.07, 6.45) is 2.22. The van der Waals surface area contributed by atoms with Crippen LogP contribution in [0, 0.1) is 6.92 Å². The summed E-state index contributed by atoms with van der Waals surface area (Å²) in [7, 11) is 0. The fourth-order valence-corrected chi connectivity index (χ4v) is 3.37. The minimum Gasteiger partial charge on any atom is -0.493 e. The van der Waals surface area contributed by atoms with E-state index in [9.17, 15) is 0 Å². The molecule has 0 saturated heterocycles. The molecule has 2 heterocycles. The van der Waals surface area contributed by atoms with Gasteiger partial charge < -0.3 is 10.1 Å². The molecular weight excluding hydrogens is 268 g/mol. The van der Waals surface area contributed by atoms with Crippen molar-refractivity contribution in [2.45, 2.75) is 32.7 Å². The number of nitrogens with one attached hydrogen (secondary N) is 1. The molecule has 1 aromatic heterocycles. The van der Waals surface area contributed by atoms with Crippen molar-refractivity contribution in [2.75, 3.05) is 13.2 Å². The van der Waals surface area contributed by atoms with Gasteiger partial charge in [0, 0.05) is 10.9 Å². The highest BCUT2D eigenvalue weighted by Crippen LogP contribution is 2.35. The van der Waals surface area contributed by atoms with E-state index >= 15 is 0 Å². The molecule has 1 aliphatic rings. The molecule has 4 heteroatoms. The predicted octanol–water partition coefficient (Wildman–Crippen LogP) is 3.48. The molecule has 106 valence electrons. The van der Waals surface area contributed by atoms with Gasteiger partial charge in [0.25, 0.3) is 0 Å². The minimum atomic E-state index is 0.123. The van der Waals surface area contributed by atoms with Crippen LogP contribution in [0.4, 0.5) is 0 Å². The lowest BCUT2D eigenvalue weighted by molar-refractivity contribution is 0.283. The molecule has 0 aliphatic carbocycles. The van der Waals surface area contributed by atoms with E-state index in [0.29, 0.717) is 0 Å². The van der Waals surface area contributed by atoms with E-state index in [-0.39, 0.29) is 6.04 Å². The van der Waals surface area contributed by atoms with Crippen molar-refractivity contribution in [3.63, 3.8) is 0 Å². The SMILES string of the molecule is CCNC(c1csc(C)n1)c1cccc2c1OCCC2. The molecule has 0 amide bonds. The summed E-state index contributed by atoms with van der Waals surface area (Å²) in [5.41, 5.74) is 3.63. The van der Waals surface area contributed by atoms with Crippen molar-refractivity contribution in [3.05, 3.63) is 45.4 Å². The third-order valence-corrected chi connectivity index (χ3v) is 4.41. The maximum Gasteiger partial charge on any atom is 0.127 e. The third kappa shape index (κ3) is 2.58. The van der Waals surface area contributed by atoms with E-state index in [1.54, 1.807) is 11.3 Å². The zero-order valence-corrected chi connectivity index (χ0v) is 12.8. The second-order valence-electron chi connectivity index (χ2n) is 5.07. The quantitative estimate of drug-likeness (QED) is 0.935. The number of fused-ring (bicyclic) bond motifs is 1. The Hall–Kier alpha value is -1.39. The number of aromatic nitrogens is 1. The van der Waals surface area contributed by atoms with Gasteiger partial charge in [-0.1, -0.05) is 25.1 Å². The van der Waals surface area contributed by atoms with Crippen LogP contribution in [-0.2, 0) is 6.42 Å². The number of benzene rings is 1. The second kappa shape index (κ2) is 5.94. The Bertz CT molecular complexity index is 594. The van der Waals surface area contributed by atoms with E-state index in [1.165, 1.54) is 11.1 Å². The first-order valence-electron chi connectivity index (χ1n) is 7.19. The van der Waals surface area contributed by atoms with E-state index in [0.717, 1.165) is 42.4 Å². The Morgan fingerprint density at radius 3 is 3.10 bits per heavy atom. The predicted molar refractivity (Wildman–Crippen MR) is 82.6 cm³/mol.